The van der Waals surface area contributed by atoms with Gasteiger partial charge in [0.05, 0.1) is 23.9 Å². The topological polar surface area (TPSA) is 117 Å². The molecule has 2 amide bonds. The Morgan fingerprint density at radius 1 is 1.26 bits per heavy atom. The summed E-state index contributed by atoms with van der Waals surface area (Å²) in [4.78, 5) is 31.0. The number of anilines is 1. The molecule has 3 aliphatic rings. The van der Waals surface area contributed by atoms with Gasteiger partial charge in [0, 0.05) is 30.3 Å². The van der Waals surface area contributed by atoms with Crippen molar-refractivity contribution >= 4 is 17.6 Å². The number of nitrogens with one attached hydrogen (secondary N) is 1. The lowest BCUT2D eigenvalue weighted by atomic mass is 9.74. The van der Waals surface area contributed by atoms with Crippen LogP contribution < -0.4 is 10.2 Å². The number of piperidine rings is 1. The molecular weight excluding hydrogens is 485 g/mol. The zero-order valence-corrected chi connectivity index (χ0v) is 21.5. The SMILES string of the molecule is Cc1ccc(C#N)c(C2CC(NC(=O)c3cn([C@@H](C)c4cnc(N5C[C@H]6C[C@H]6C5=O)c(F)c4C)nn3)C2)c1. The van der Waals surface area contributed by atoms with Gasteiger partial charge in [0.25, 0.3) is 5.91 Å². The van der Waals surface area contributed by atoms with E-state index in [1.807, 2.05) is 32.0 Å². The Bertz CT molecular complexity index is 1500. The molecule has 38 heavy (non-hydrogen) atoms. The van der Waals surface area contributed by atoms with E-state index in [0.29, 0.717) is 29.2 Å². The summed E-state index contributed by atoms with van der Waals surface area (Å²) in [6.45, 7) is 6.02. The van der Waals surface area contributed by atoms with Crippen LogP contribution in [-0.2, 0) is 4.79 Å². The number of benzene rings is 1. The fourth-order valence-corrected chi connectivity index (χ4v) is 5.74. The first kappa shape index (κ1) is 24.2. The summed E-state index contributed by atoms with van der Waals surface area (Å²) in [6.07, 6.45) is 5.53. The van der Waals surface area contributed by atoms with Crippen LogP contribution in [0.1, 0.15) is 76.5 Å². The average molecular weight is 514 g/mol. The van der Waals surface area contributed by atoms with Crippen molar-refractivity contribution in [2.24, 2.45) is 11.8 Å². The van der Waals surface area contributed by atoms with Crippen molar-refractivity contribution in [1.29, 1.82) is 5.26 Å². The summed E-state index contributed by atoms with van der Waals surface area (Å²) in [5.41, 5.74) is 4.00. The number of hydrogen-bond acceptors (Lipinski definition) is 6. The number of hydrogen-bond donors (Lipinski definition) is 1. The Morgan fingerprint density at radius 2 is 2.05 bits per heavy atom. The highest BCUT2D eigenvalue weighted by molar-refractivity contribution is 5.99. The number of pyridine rings is 1. The van der Waals surface area contributed by atoms with Crippen molar-refractivity contribution in [2.45, 2.75) is 58.0 Å². The molecule has 10 heteroatoms. The van der Waals surface area contributed by atoms with Crippen LogP contribution in [0.25, 0.3) is 0 Å². The molecule has 9 nitrogen and oxygen atoms in total. The number of halogens is 1. The van der Waals surface area contributed by atoms with Crippen LogP contribution in [-0.4, -0.2) is 44.4 Å². The minimum absolute atomic E-state index is 0.00505. The molecule has 0 radical (unpaired) electrons. The molecule has 3 atom stereocenters. The third kappa shape index (κ3) is 4.02. The maximum atomic E-state index is 15.3. The second kappa shape index (κ2) is 9.01. The zero-order valence-electron chi connectivity index (χ0n) is 21.5. The zero-order chi connectivity index (χ0) is 26.7. The first-order valence-corrected chi connectivity index (χ1v) is 12.9. The molecule has 0 unspecified atom stereocenters. The van der Waals surface area contributed by atoms with Gasteiger partial charge in [0.1, 0.15) is 0 Å². The molecule has 1 aromatic carbocycles. The molecule has 0 spiro atoms. The smallest absolute Gasteiger partial charge is 0.273 e. The predicted molar refractivity (Wildman–Crippen MR) is 136 cm³/mol. The van der Waals surface area contributed by atoms with Crippen molar-refractivity contribution in [1.82, 2.24) is 25.3 Å². The Kier molecular flexibility index (Phi) is 5.74. The van der Waals surface area contributed by atoms with Gasteiger partial charge in [-0.3, -0.25) is 14.5 Å². The lowest BCUT2D eigenvalue weighted by Gasteiger charge is -2.36. The second-order valence-corrected chi connectivity index (χ2v) is 10.8. The summed E-state index contributed by atoms with van der Waals surface area (Å²) in [5, 5.41) is 20.6. The number of amides is 2. The van der Waals surface area contributed by atoms with Gasteiger partial charge in [-0.05, 0) is 69.1 Å². The largest absolute Gasteiger partial charge is 0.348 e. The standard InChI is InChI=1S/C28H28FN7O2/c1-14-4-5-17(10-30)21(6-14)18-7-20(8-18)32-27(37)24-13-36(34-33-24)16(3)23-11-31-26(25(29)15(23)2)35-12-19-9-22(19)28(35)38/h4-6,11,13,16,18-20,22H,7-9,12H2,1-3H3,(H,32,37)/t16-,18?,19+,20?,22+/m0/s1. The number of aryl methyl sites for hydroxylation is 1. The highest BCUT2D eigenvalue weighted by Crippen LogP contribution is 2.47. The number of aromatic nitrogens is 4. The van der Waals surface area contributed by atoms with E-state index in [1.165, 1.54) is 9.58 Å². The summed E-state index contributed by atoms with van der Waals surface area (Å²) >= 11 is 0. The summed E-state index contributed by atoms with van der Waals surface area (Å²) in [5.74, 6) is -0.199. The van der Waals surface area contributed by atoms with Gasteiger partial charge in [0.15, 0.2) is 17.3 Å². The lowest BCUT2D eigenvalue weighted by molar-refractivity contribution is -0.118. The molecule has 194 valence electrons. The highest BCUT2D eigenvalue weighted by atomic mass is 19.1. The number of rotatable bonds is 6. The van der Waals surface area contributed by atoms with Crippen molar-refractivity contribution in [2.75, 3.05) is 11.4 Å². The molecule has 3 aromatic rings. The van der Waals surface area contributed by atoms with E-state index in [4.69, 9.17) is 0 Å². The first-order valence-electron chi connectivity index (χ1n) is 12.9. The van der Waals surface area contributed by atoms with Crippen LogP contribution in [0.3, 0.4) is 0 Å². The molecule has 1 saturated heterocycles. The van der Waals surface area contributed by atoms with E-state index in [-0.39, 0.29) is 41.2 Å². The number of carbonyl (C=O) groups excluding carboxylic acids is 2. The summed E-state index contributed by atoms with van der Waals surface area (Å²) in [6, 6.07) is 7.66. The number of nitrogens with zero attached hydrogens (tertiary/aromatic N) is 6. The first-order chi connectivity index (χ1) is 18.2. The van der Waals surface area contributed by atoms with Gasteiger partial charge in [0.2, 0.25) is 5.91 Å². The number of nitriles is 1. The quantitative estimate of drug-likeness (QED) is 0.539. The molecule has 0 bridgehead atoms. The maximum absolute atomic E-state index is 15.3. The van der Waals surface area contributed by atoms with Gasteiger partial charge in [-0.25, -0.2) is 14.1 Å². The maximum Gasteiger partial charge on any atom is 0.273 e. The Hall–Kier alpha value is -4.13. The third-order valence-electron chi connectivity index (χ3n) is 8.29. The van der Waals surface area contributed by atoms with Crippen LogP contribution in [0.4, 0.5) is 10.2 Å². The molecule has 1 aliphatic heterocycles. The van der Waals surface area contributed by atoms with Crippen molar-refractivity contribution < 1.29 is 14.0 Å². The van der Waals surface area contributed by atoms with Crippen LogP contribution in [0.2, 0.25) is 0 Å². The number of fused-ring (bicyclic) bond motifs is 1. The van der Waals surface area contributed by atoms with Crippen molar-refractivity contribution in [3.8, 4) is 6.07 Å². The van der Waals surface area contributed by atoms with E-state index in [9.17, 15) is 14.9 Å². The van der Waals surface area contributed by atoms with E-state index in [0.717, 1.165) is 30.4 Å². The molecule has 3 fully saturated rings. The van der Waals surface area contributed by atoms with Gasteiger partial charge >= 0.3 is 0 Å². The molecule has 2 saturated carbocycles. The van der Waals surface area contributed by atoms with E-state index in [2.05, 4.69) is 26.7 Å². The van der Waals surface area contributed by atoms with E-state index < -0.39 is 11.9 Å². The predicted octanol–water partition coefficient (Wildman–Crippen LogP) is 3.57. The van der Waals surface area contributed by atoms with Crippen molar-refractivity contribution in [3.05, 3.63) is 69.9 Å². The van der Waals surface area contributed by atoms with Gasteiger partial charge in [-0.15, -0.1) is 5.10 Å². The minimum atomic E-state index is -0.505. The average Bonchev–Trinajstić information content (AvgIpc) is 3.33. The molecular formula is C28H28FN7O2. The highest BCUT2D eigenvalue weighted by Gasteiger charge is 2.53. The van der Waals surface area contributed by atoms with Crippen LogP contribution in [0, 0.1) is 42.8 Å². The van der Waals surface area contributed by atoms with Gasteiger partial charge in [-0.2, -0.15) is 5.26 Å². The Morgan fingerprint density at radius 3 is 2.76 bits per heavy atom. The molecule has 6 rings (SSSR count). The summed E-state index contributed by atoms with van der Waals surface area (Å²) in [7, 11) is 0. The number of carbonyl (C=O) groups is 2. The Balaban J connectivity index is 1.11. The molecule has 1 N–H and O–H groups in total. The molecule has 2 aliphatic carbocycles. The summed E-state index contributed by atoms with van der Waals surface area (Å²) < 4.78 is 16.8. The minimum Gasteiger partial charge on any atom is -0.348 e. The van der Waals surface area contributed by atoms with E-state index >= 15 is 4.39 Å². The molecule has 3 heterocycles. The monoisotopic (exact) mass is 513 g/mol. The third-order valence-corrected chi connectivity index (χ3v) is 8.29. The van der Waals surface area contributed by atoms with Crippen LogP contribution in [0.5, 0.6) is 0 Å². The fraction of sp³-hybridized carbons (Fsp3) is 0.429. The molecule has 2 aromatic heterocycles. The Labute approximate surface area is 219 Å². The second-order valence-electron chi connectivity index (χ2n) is 10.8. The van der Waals surface area contributed by atoms with Crippen LogP contribution in [0.15, 0.2) is 30.6 Å². The van der Waals surface area contributed by atoms with Crippen molar-refractivity contribution in [3.63, 3.8) is 0 Å². The van der Waals surface area contributed by atoms with Gasteiger partial charge < -0.3 is 5.32 Å². The fourth-order valence-electron chi connectivity index (χ4n) is 5.74. The van der Waals surface area contributed by atoms with E-state index in [1.54, 1.807) is 19.3 Å². The van der Waals surface area contributed by atoms with Crippen LogP contribution >= 0.6 is 0 Å². The lowest BCUT2D eigenvalue weighted by Crippen LogP contribution is -2.43. The normalized spacial score (nSPS) is 24.4. The van der Waals surface area contributed by atoms with Gasteiger partial charge in [-0.1, -0.05) is 22.9 Å².